The molecule has 2 aromatic rings. The number of carbonyl (C=O) groups excluding carboxylic acids is 1. The van der Waals surface area contributed by atoms with Crippen LogP contribution in [0.5, 0.6) is 0 Å². The summed E-state index contributed by atoms with van der Waals surface area (Å²) in [5, 5.41) is 6.83. The summed E-state index contributed by atoms with van der Waals surface area (Å²) in [6.45, 7) is 5.23. The predicted molar refractivity (Wildman–Crippen MR) is 106 cm³/mol. The molecule has 9 nitrogen and oxygen atoms in total. The van der Waals surface area contributed by atoms with Crippen LogP contribution in [0.15, 0.2) is 23.3 Å². The quantitative estimate of drug-likeness (QED) is 0.787. The number of hydrogen-bond donors (Lipinski definition) is 1. The van der Waals surface area contributed by atoms with Crippen LogP contribution in [0.2, 0.25) is 0 Å². The van der Waals surface area contributed by atoms with Crippen molar-refractivity contribution in [2.75, 3.05) is 26.3 Å². The minimum absolute atomic E-state index is 0.0476. The number of nitrogens with one attached hydrogen (secondary N) is 1. The molecular weight excluding hydrogens is 372 g/mol. The third-order valence-electron chi connectivity index (χ3n) is 5.62. The van der Waals surface area contributed by atoms with Gasteiger partial charge in [-0.3, -0.25) is 23.7 Å². The van der Waals surface area contributed by atoms with Crippen molar-refractivity contribution >= 4 is 5.91 Å². The molecule has 0 aliphatic carbocycles. The van der Waals surface area contributed by atoms with Crippen molar-refractivity contribution in [3.63, 3.8) is 0 Å². The molecule has 1 fully saturated rings. The molecule has 4 heterocycles. The molecule has 0 unspecified atom stereocenters. The maximum absolute atomic E-state index is 12.6. The van der Waals surface area contributed by atoms with Crippen molar-refractivity contribution in [2.45, 2.75) is 38.9 Å². The van der Waals surface area contributed by atoms with E-state index in [0.29, 0.717) is 30.3 Å². The highest BCUT2D eigenvalue weighted by Crippen LogP contribution is 2.18. The van der Waals surface area contributed by atoms with Crippen molar-refractivity contribution in [1.29, 1.82) is 0 Å². The normalized spacial score (nSPS) is 18.2. The van der Waals surface area contributed by atoms with E-state index in [0.717, 1.165) is 51.4 Å². The summed E-state index contributed by atoms with van der Waals surface area (Å²) in [5.41, 5.74) is 1.03. The number of rotatable bonds is 5. The van der Waals surface area contributed by atoms with Gasteiger partial charge in [-0.05, 0) is 25.2 Å². The Labute approximate surface area is 169 Å². The second kappa shape index (κ2) is 8.87. The molecular formula is C20H28N6O3. The summed E-state index contributed by atoms with van der Waals surface area (Å²) in [6.07, 6.45) is 6.30. The Morgan fingerprint density at radius 1 is 1.31 bits per heavy atom. The number of fused-ring (bicyclic) bond motifs is 1. The van der Waals surface area contributed by atoms with Crippen LogP contribution >= 0.6 is 0 Å². The van der Waals surface area contributed by atoms with E-state index in [2.05, 4.69) is 15.3 Å². The van der Waals surface area contributed by atoms with Gasteiger partial charge in [0.15, 0.2) is 0 Å². The van der Waals surface area contributed by atoms with Crippen LogP contribution in [-0.4, -0.2) is 56.4 Å². The molecule has 0 aromatic carbocycles. The zero-order valence-corrected chi connectivity index (χ0v) is 16.8. The van der Waals surface area contributed by atoms with Crippen LogP contribution in [0, 0.1) is 5.92 Å². The minimum atomic E-state index is -0.226. The van der Waals surface area contributed by atoms with E-state index in [-0.39, 0.29) is 18.0 Å². The number of hydrogen-bond acceptors (Lipinski definition) is 6. The lowest BCUT2D eigenvalue weighted by molar-refractivity contribution is 0.0514. The molecule has 0 bridgehead atoms. The van der Waals surface area contributed by atoms with Gasteiger partial charge in [0.1, 0.15) is 5.82 Å². The van der Waals surface area contributed by atoms with Gasteiger partial charge in [-0.15, -0.1) is 0 Å². The van der Waals surface area contributed by atoms with Gasteiger partial charge in [0.05, 0.1) is 30.5 Å². The van der Waals surface area contributed by atoms with Gasteiger partial charge in [-0.2, -0.15) is 5.10 Å². The SMILES string of the molecule is Cn1cc(C(=O)NCc2cc(=O)n3c(n2)CN(CC2CCOCC2)CCC3)cn1. The van der Waals surface area contributed by atoms with Crippen molar-refractivity contribution in [3.05, 3.63) is 45.9 Å². The zero-order chi connectivity index (χ0) is 20.2. The van der Waals surface area contributed by atoms with Crippen LogP contribution in [0.1, 0.15) is 41.1 Å². The molecule has 156 valence electrons. The summed E-state index contributed by atoms with van der Waals surface area (Å²) in [7, 11) is 1.76. The third kappa shape index (κ3) is 4.91. The van der Waals surface area contributed by atoms with E-state index in [1.54, 1.807) is 22.5 Å². The molecule has 2 aliphatic rings. The molecule has 0 atom stereocenters. The predicted octanol–water partition coefficient (Wildman–Crippen LogP) is 0.539. The lowest BCUT2D eigenvalue weighted by Crippen LogP contribution is -2.33. The second-order valence-corrected chi connectivity index (χ2v) is 7.88. The molecule has 1 N–H and O–H groups in total. The van der Waals surface area contributed by atoms with Crippen LogP contribution < -0.4 is 10.9 Å². The third-order valence-corrected chi connectivity index (χ3v) is 5.62. The first kappa shape index (κ1) is 19.8. The van der Waals surface area contributed by atoms with E-state index in [9.17, 15) is 9.59 Å². The Morgan fingerprint density at radius 3 is 2.90 bits per heavy atom. The Hall–Kier alpha value is -2.52. The average molecular weight is 400 g/mol. The first-order valence-electron chi connectivity index (χ1n) is 10.2. The minimum Gasteiger partial charge on any atom is -0.381 e. The summed E-state index contributed by atoms with van der Waals surface area (Å²) >= 11 is 0. The van der Waals surface area contributed by atoms with Crippen LogP contribution in [0.3, 0.4) is 0 Å². The first-order chi connectivity index (χ1) is 14.1. The highest BCUT2D eigenvalue weighted by atomic mass is 16.5. The molecule has 0 saturated carbocycles. The molecule has 1 amide bonds. The number of ether oxygens (including phenoxy) is 1. The smallest absolute Gasteiger partial charge is 0.254 e. The Bertz CT molecular complexity index is 915. The lowest BCUT2D eigenvalue weighted by atomic mass is 9.99. The van der Waals surface area contributed by atoms with Crippen LogP contribution in [0.4, 0.5) is 0 Å². The van der Waals surface area contributed by atoms with Crippen LogP contribution in [-0.2, 0) is 31.4 Å². The van der Waals surface area contributed by atoms with Crippen molar-refractivity contribution in [3.8, 4) is 0 Å². The fraction of sp³-hybridized carbons (Fsp3) is 0.600. The van der Waals surface area contributed by atoms with E-state index >= 15 is 0 Å². The molecule has 1 saturated heterocycles. The van der Waals surface area contributed by atoms with Crippen LogP contribution in [0.25, 0.3) is 0 Å². The molecule has 9 heteroatoms. The van der Waals surface area contributed by atoms with Gasteiger partial charge in [0.25, 0.3) is 11.5 Å². The standard InChI is InChI=1S/C20H28N6O3/c1-24-13-16(10-22-24)20(28)21-11-17-9-19(27)26-6-2-5-25(14-18(26)23-17)12-15-3-7-29-8-4-15/h9-10,13,15H,2-8,11-12,14H2,1H3,(H,21,28). The number of nitrogens with zero attached hydrogens (tertiary/aromatic N) is 5. The highest BCUT2D eigenvalue weighted by molar-refractivity contribution is 5.93. The molecule has 0 radical (unpaired) electrons. The topological polar surface area (TPSA) is 94.3 Å². The molecule has 0 spiro atoms. The molecule has 2 aromatic heterocycles. The Balaban J connectivity index is 1.44. The van der Waals surface area contributed by atoms with Gasteiger partial charge in [-0.25, -0.2) is 4.98 Å². The largest absolute Gasteiger partial charge is 0.381 e. The maximum Gasteiger partial charge on any atom is 0.254 e. The summed E-state index contributed by atoms with van der Waals surface area (Å²) in [4.78, 5) is 32.0. The van der Waals surface area contributed by atoms with Gasteiger partial charge in [-0.1, -0.05) is 0 Å². The van der Waals surface area contributed by atoms with E-state index < -0.39 is 0 Å². The summed E-state index contributed by atoms with van der Waals surface area (Å²) in [6, 6.07) is 1.53. The van der Waals surface area contributed by atoms with E-state index in [1.165, 1.54) is 12.3 Å². The van der Waals surface area contributed by atoms with Crippen molar-refractivity contribution in [2.24, 2.45) is 13.0 Å². The highest BCUT2D eigenvalue weighted by Gasteiger charge is 2.22. The Morgan fingerprint density at radius 2 is 2.14 bits per heavy atom. The monoisotopic (exact) mass is 400 g/mol. The van der Waals surface area contributed by atoms with Gasteiger partial charge >= 0.3 is 0 Å². The number of aromatic nitrogens is 4. The second-order valence-electron chi connectivity index (χ2n) is 7.88. The summed E-state index contributed by atoms with van der Waals surface area (Å²) in [5.74, 6) is 1.20. The van der Waals surface area contributed by atoms with E-state index in [1.807, 2.05) is 0 Å². The maximum atomic E-state index is 12.6. The van der Waals surface area contributed by atoms with Gasteiger partial charge in [0.2, 0.25) is 0 Å². The Kier molecular flexibility index (Phi) is 6.05. The average Bonchev–Trinajstić information content (AvgIpc) is 3.04. The zero-order valence-electron chi connectivity index (χ0n) is 16.8. The van der Waals surface area contributed by atoms with Gasteiger partial charge < -0.3 is 10.1 Å². The molecule has 4 rings (SSSR count). The first-order valence-corrected chi connectivity index (χ1v) is 10.2. The fourth-order valence-corrected chi connectivity index (χ4v) is 4.05. The van der Waals surface area contributed by atoms with E-state index in [4.69, 9.17) is 9.72 Å². The number of amides is 1. The van der Waals surface area contributed by atoms with Crippen molar-refractivity contribution in [1.82, 2.24) is 29.5 Å². The van der Waals surface area contributed by atoms with Gasteiger partial charge in [0, 0.05) is 52.2 Å². The fourth-order valence-electron chi connectivity index (χ4n) is 4.05. The lowest BCUT2D eigenvalue weighted by Gasteiger charge is -2.28. The summed E-state index contributed by atoms with van der Waals surface area (Å²) < 4.78 is 8.82. The molecule has 29 heavy (non-hydrogen) atoms. The van der Waals surface area contributed by atoms with Crippen molar-refractivity contribution < 1.29 is 9.53 Å². The molecule has 2 aliphatic heterocycles. The number of aryl methyl sites for hydroxylation is 1. The number of carbonyl (C=O) groups is 1.